The van der Waals surface area contributed by atoms with Crippen LogP contribution in [0.4, 0.5) is 0 Å². The molecule has 0 aliphatic carbocycles. The van der Waals surface area contributed by atoms with E-state index < -0.39 is 0 Å². The lowest BCUT2D eigenvalue weighted by molar-refractivity contribution is -0.117. The molecule has 44 heavy (non-hydrogen) atoms. The maximum absolute atomic E-state index is 10.8. The van der Waals surface area contributed by atoms with Crippen molar-refractivity contribution in [3.05, 3.63) is 71.8 Å². The predicted molar refractivity (Wildman–Crippen MR) is 178 cm³/mol. The van der Waals surface area contributed by atoms with E-state index in [0.717, 1.165) is 11.4 Å². The topological polar surface area (TPSA) is 105 Å². The molecule has 0 saturated carbocycles. The van der Waals surface area contributed by atoms with Crippen molar-refractivity contribution in [2.75, 3.05) is 0 Å². The van der Waals surface area contributed by atoms with Crippen LogP contribution in [-0.4, -0.2) is 50.7 Å². The van der Waals surface area contributed by atoms with Gasteiger partial charge in [0.15, 0.2) is 0 Å². The minimum atomic E-state index is -0.0674. The van der Waals surface area contributed by atoms with Crippen LogP contribution in [0.15, 0.2) is 49.2 Å². The minimum absolute atomic E-state index is 0.0674. The van der Waals surface area contributed by atoms with Crippen LogP contribution in [0.2, 0.25) is 0 Å². The lowest BCUT2D eigenvalue weighted by atomic mass is 10.1. The second-order valence-corrected chi connectivity index (χ2v) is 13.8. The fraction of sp³-hybridized carbons (Fsp3) is 0.588. The minimum Gasteiger partial charge on any atom is -0.352 e. The van der Waals surface area contributed by atoms with Gasteiger partial charge in [0, 0.05) is 48.8 Å². The van der Waals surface area contributed by atoms with E-state index in [0.29, 0.717) is 24.9 Å². The molecule has 244 valence electrons. The Morgan fingerprint density at radius 1 is 0.705 bits per heavy atom. The Kier molecular flexibility index (Phi) is 14.7. The summed E-state index contributed by atoms with van der Waals surface area (Å²) in [5.74, 6) is 0.224. The summed E-state index contributed by atoms with van der Waals surface area (Å²) in [5, 5.41) is 15.7. The number of carbonyl (C=O) groups excluding carboxylic acids is 2. The van der Waals surface area contributed by atoms with Gasteiger partial charge in [0.1, 0.15) is 11.6 Å². The molecule has 0 spiro atoms. The standard InChI is InChI=1S/2C9H15N3O.2C8H13N/c2*1-7(13)5-8-6-12(11-10-8)9(2,3)4;1-7(2)9-5-4-8(3)6-9;1-7(2)9-6-4-5-8(9)3/h2*6H,5H2,1-4H3;2*4-7H,1-3H3. The zero-order valence-electron chi connectivity index (χ0n) is 29.6. The van der Waals surface area contributed by atoms with Crippen LogP contribution in [0.25, 0.3) is 0 Å². The Balaban J connectivity index is 0.000000298. The number of hydrogen-bond acceptors (Lipinski definition) is 6. The van der Waals surface area contributed by atoms with E-state index in [-0.39, 0.29) is 22.6 Å². The van der Waals surface area contributed by atoms with Crippen LogP contribution in [0.5, 0.6) is 0 Å². The van der Waals surface area contributed by atoms with Gasteiger partial charge >= 0.3 is 0 Å². The number of ketones is 2. The van der Waals surface area contributed by atoms with Gasteiger partial charge in [0.05, 0.1) is 35.3 Å². The summed E-state index contributed by atoms with van der Waals surface area (Å²) >= 11 is 0. The number of hydrogen-bond donors (Lipinski definition) is 0. The van der Waals surface area contributed by atoms with Crippen molar-refractivity contribution in [2.24, 2.45) is 0 Å². The van der Waals surface area contributed by atoms with Gasteiger partial charge < -0.3 is 9.13 Å². The Hall–Kier alpha value is -3.82. The Morgan fingerprint density at radius 2 is 1.16 bits per heavy atom. The summed E-state index contributed by atoms with van der Waals surface area (Å²) in [6.45, 7) is 28.3. The number of carbonyl (C=O) groups is 2. The van der Waals surface area contributed by atoms with Gasteiger partial charge in [-0.15, -0.1) is 10.2 Å². The van der Waals surface area contributed by atoms with Crippen molar-refractivity contribution < 1.29 is 9.59 Å². The molecule has 0 radical (unpaired) electrons. The Morgan fingerprint density at radius 3 is 1.36 bits per heavy atom. The third kappa shape index (κ3) is 14.1. The van der Waals surface area contributed by atoms with Gasteiger partial charge in [0.2, 0.25) is 0 Å². The Labute approximate surface area is 264 Å². The van der Waals surface area contributed by atoms with Crippen molar-refractivity contribution >= 4 is 11.6 Å². The molecule has 0 unspecified atom stereocenters. The average molecular weight is 609 g/mol. The van der Waals surface area contributed by atoms with Crippen LogP contribution in [-0.2, 0) is 33.5 Å². The summed E-state index contributed by atoms with van der Waals surface area (Å²) in [6.07, 6.45) is 10.8. The molecule has 0 bridgehead atoms. The molecule has 0 aromatic carbocycles. The SMILES string of the molecule is CC(=O)Cc1cn(C(C)(C)C)nn1.CC(=O)Cc1cn(C(C)(C)C)nn1.Cc1cccn1C(C)C.Cc1ccn(C(C)C)c1. The van der Waals surface area contributed by atoms with Crippen LogP contribution >= 0.6 is 0 Å². The molecule has 4 heterocycles. The zero-order chi connectivity index (χ0) is 33.8. The molecule has 0 atom stereocenters. The van der Waals surface area contributed by atoms with E-state index >= 15 is 0 Å². The normalized spacial score (nSPS) is 11.3. The lowest BCUT2D eigenvalue weighted by Gasteiger charge is -2.17. The number of aromatic nitrogens is 8. The highest BCUT2D eigenvalue weighted by molar-refractivity contribution is 5.77. The van der Waals surface area contributed by atoms with Crippen molar-refractivity contribution in [3.8, 4) is 0 Å². The van der Waals surface area contributed by atoms with E-state index in [1.807, 2.05) is 53.9 Å². The first-order chi connectivity index (χ1) is 20.2. The number of Topliss-reactive ketones (excluding diaryl/α,β-unsaturated/α-hetero) is 2. The number of rotatable bonds is 6. The van der Waals surface area contributed by atoms with Gasteiger partial charge in [-0.1, -0.05) is 10.4 Å². The zero-order valence-corrected chi connectivity index (χ0v) is 29.6. The van der Waals surface area contributed by atoms with Crippen LogP contribution in [0, 0.1) is 13.8 Å². The second kappa shape index (κ2) is 16.9. The molecule has 0 fully saturated rings. The summed E-state index contributed by atoms with van der Waals surface area (Å²) in [4.78, 5) is 21.6. The van der Waals surface area contributed by atoms with E-state index in [4.69, 9.17) is 0 Å². The summed E-state index contributed by atoms with van der Waals surface area (Å²) < 4.78 is 7.99. The third-order valence-electron chi connectivity index (χ3n) is 6.32. The molecule has 10 heteroatoms. The van der Waals surface area contributed by atoms with E-state index in [1.54, 1.807) is 23.2 Å². The van der Waals surface area contributed by atoms with Gasteiger partial charge in [-0.05, 0) is 121 Å². The van der Waals surface area contributed by atoms with Crippen molar-refractivity contribution in [1.29, 1.82) is 0 Å². The monoisotopic (exact) mass is 608 g/mol. The quantitative estimate of drug-likeness (QED) is 0.232. The second-order valence-electron chi connectivity index (χ2n) is 13.8. The highest BCUT2D eigenvalue weighted by Gasteiger charge is 2.16. The summed E-state index contributed by atoms with van der Waals surface area (Å²) in [7, 11) is 0. The van der Waals surface area contributed by atoms with Gasteiger partial charge in [-0.3, -0.25) is 9.59 Å². The molecule has 0 aliphatic heterocycles. The summed E-state index contributed by atoms with van der Waals surface area (Å²) in [5.41, 5.74) is 4.02. The van der Waals surface area contributed by atoms with E-state index in [2.05, 4.69) is 108 Å². The highest BCUT2D eigenvalue weighted by atomic mass is 16.1. The van der Waals surface area contributed by atoms with Crippen LogP contribution in [0.1, 0.15) is 118 Å². The molecule has 10 nitrogen and oxygen atoms in total. The van der Waals surface area contributed by atoms with Gasteiger partial charge in [-0.25, -0.2) is 9.36 Å². The third-order valence-corrected chi connectivity index (χ3v) is 6.32. The fourth-order valence-corrected chi connectivity index (χ4v) is 3.83. The molecule has 0 amide bonds. The van der Waals surface area contributed by atoms with E-state index in [1.165, 1.54) is 11.3 Å². The lowest BCUT2D eigenvalue weighted by Crippen LogP contribution is -2.22. The van der Waals surface area contributed by atoms with Gasteiger partial charge in [0.25, 0.3) is 0 Å². The summed E-state index contributed by atoms with van der Waals surface area (Å²) in [6, 6.07) is 7.52. The fourth-order valence-electron chi connectivity index (χ4n) is 3.83. The molecular weight excluding hydrogens is 552 g/mol. The average Bonchev–Trinajstić information content (AvgIpc) is 3.66. The van der Waals surface area contributed by atoms with Gasteiger partial charge in [-0.2, -0.15) is 0 Å². The first kappa shape index (κ1) is 38.2. The maximum atomic E-state index is 10.8. The molecular formula is C34H56N8O2. The molecule has 4 rings (SSSR count). The Bertz CT molecular complexity index is 1360. The smallest absolute Gasteiger partial charge is 0.135 e. The number of aryl methyl sites for hydroxylation is 2. The first-order valence-corrected chi connectivity index (χ1v) is 15.3. The predicted octanol–water partition coefficient (Wildman–Crippen LogP) is 7.08. The van der Waals surface area contributed by atoms with Crippen molar-refractivity contribution in [2.45, 2.75) is 133 Å². The molecule has 0 aliphatic rings. The van der Waals surface area contributed by atoms with E-state index in [9.17, 15) is 9.59 Å². The highest BCUT2D eigenvalue weighted by Crippen LogP contribution is 2.13. The van der Waals surface area contributed by atoms with Crippen LogP contribution in [0.3, 0.4) is 0 Å². The van der Waals surface area contributed by atoms with Crippen molar-refractivity contribution in [1.82, 2.24) is 39.1 Å². The largest absolute Gasteiger partial charge is 0.352 e. The number of nitrogens with zero attached hydrogens (tertiary/aromatic N) is 8. The molecule has 4 aromatic rings. The molecule has 0 N–H and O–H groups in total. The molecule has 4 aromatic heterocycles. The molecule has 0 saturated heterocycles. The maximum Gasteiger partial charge on any atom is 0.135 e. The van der Waals surface area contributed by atoms with Crippen LogP contribution < -0.4 is 0 Å². The first-order valence-electron chi connectivity index (χ1n) is 15.3. The van der Waals surface area contributed by atoms with Crippen molar-refractivity contribution in [3.63, 3.8) is 0 Å².